The number of alkyl halides is 3. The quantitative estimate of drug-likeness (QED) is 0.706. The number of amides is 1. The van der Waals surface area contributed by atoms with E-state index in [0.717, 1.165) is 25.1 Å². The van der Waals surface area contributed by atoms with Crippen LogP contribution in [0, 0.1) is 0 Å². The van der Waals surface area contributed by atoms with Crippen molar-refractivity contribution in [3.8, 4) is 5.69 Å². The smallest absolute Gasteiger partial charge is 0.366 e. The van der Waals surface area contributed by atoms with Crippen molar-refractivity contribution in [2.75, 3.05) is 18.4 Å². The van der Waals surface area contributed by atoms with Gasteiger partial charge in [-0.1, -0.05) is 12.1 Å². The van der Waals surface area contributed by atoms with Crippen LogP contribution in [0.5, 0.6) is 0 Å². The predicted molar refractivity (Wildman–Crippen MR) is 103 cm³/mol. The van der Waals surface area contributed by atoms with Gasteiger partial charge in [0.25, 0.3) is 5.91 Å². The topological polar surface area (TPSA) is 75.9 Å². The van der Waals surface area contributed by atoms with Crippen molar-refractivity contribution in [2.45, 2.75) is 25.1 Å². The van der Waals surface area contributed by atoms with Crippen LogP contribution in [0.2, 0.25) is 0 Å². The highest BCUT2D eigenvalue weighted by Gasteiger charge is 2.31. The Morgan fingerprint density at radius 1 is 1.10 bits per heavy atom. The number of hydrogen-bond acceptors (Lipinski definition) is 5. The van der Waals surface area contributed by atoms with Gasteiger partial charge in [-0.25, -0.2) is 4.98 Å². The van der Waals surface area contributed by atoms with E-state index in [2.05, 4.69) is 20.5 Å². The number of aromatic nitrogens is 4. The van der Waals surface area contributed by atoms with E-state index in [1.54, 1.807) is 35.5 Å². The first kappa shape index (κ1) is 19.9. The highest BCUT2D eigenvalue weighted by Crippen LogP contribution is 2.29. The number of hydrogen-bond donors (Lipinski definition) is 1. The lowest BCUT2D eigenvalue weighted by atomic mass is 10.0. The van der Waals surface area contributed by atoms with Crippen LogP contribution in [0.25, 0.3) is 5.69 Å². The van der Waals surface area contributed by atoms with E-state index in [1.807, 2.05) is 6.07 Å². The zero-order chi connectivity index (χ0) is 21.1. The summed E-state index contributed by atoms with van der Waals surface area (Å²) in [5.41, 5.74) is 0.284. The summed E-state index contributed by atoms with van der Waals surface area (Å²) in [5, 5.41) is 11.3. The molecule has 0 aliphatic carbocycles. The van der Waals surface area contributed by atoms with Crippen molar-refractivity contribution < 1.29 is 18.0 Å². The molecule has 1 aliphatic rings. The van der Waals surface area contributed by atoms with Gasteiger partial charge in [0.05, 0.1) is 29.2 Å². The molecule has 10 heteroatoms. The Balaban J connectivity index is 1.46. The lowest BCUT2D eigenvalue weighted by molar-refractivity contribution is -0.137. The molecule has 0 spiro atoms. The summed E-state index contributed by atoms with van der Waals surface area (Å²) in [4.78, 5) is 20.1. The maximum absolute atomic E-state index is 13.2. The maximum atomic E-state index is 13.2. The van der Waals surface area contributed by atoms with Gasteiger partial charge in [-0.2, -0.15) is 28.2 Å². The van der Waals surface area contributed by atoms with Gasteiger partial charge < -0.3 is 10.2 Å². The van der Waals surface area contributed by atoms with Gasteiger partial charge in [-0.15, -0.1) is 0 Å². The number of anilines is 1. The predicted octanol–water partition coefficient (Wildman–Crippen LogP) is 3.40. The number of piperidine rings is 1. The average Bonchev–Trinajstić information content (AvgIpc) is 3.28. The Labute approximate surface area is 170 Å². The molecule has 7 nitrogen and oxygen atoms in total. The summed E-state index contributed by atoms with van der Waals surface area (Å²) in [5.74, 6) is 0.207. The van der Waals surface area contributed by atoms with Crippen LogP contribution in [-0.4, -0.2) is 49.9 Å². The van der Waals surface area contributed by atoms with Gasteiger partial charge in [0.1, 0.15) is 5.82 Å². The SMILES string of the molecule is O=C(c1ccccc1-n1nccn1)N1CCCC(Nc2ccc(C(F)(F)F)cn2)C1. The zero-order valence-corrected chi connectivity index (χ0v) is 15.9. The highest BCUT2D eigenvalue weighted by molar-refractivity contribution is 5.97. The van der Waals surface area contributed by atoms with Crippen molar-refractivity contribution in [3.63, 3.8) is 0 Å². The van der Waals surface area contributed by atoms with Crippen LogP contribution in [0.1, 0.15) is 28.8 Å². The van der Waals surface area contributed by atoms with E-state index in [-0.39, 0.29) is 11.9 Å². The van der Waals surface area contributed by atoms with Gasteiger partial charge in [-0.3, -0.25) is 4.79 Å². The number of carbonyl (C=O) groups excluding carboxylic acids is 1. The molecule has 1 fully saturated rings. The fourth-order valence-electron chi connectivity index (χ4n) is 3.47. The minimum absolute atomic E-state index is 0.109. The van der Waals surface area contributed by atoms with E-state index in [9.17, 15) is 18.0 Å². The van der Waals surface area contributed by atoms with E-state index in [0.29, 0.717) is 30.2 Å². The number of halogens is 3. The summed E-state index contributed by atoms with van der Waals surface area (Å²) in [6, 6.07) is 9.30. The monoisotopic (exact) mass is 416 g/mol. The van der Waals surface area contributed by atoms with E-state index in [4.69, 9.17) is 0 Å². The molecule has 1 aliphatic heterocycles. The van der Waals surface area contributed by atoms with Gasteiger partial charge in [0.15, 0.2) is 0 Å². The molecule has 1 aromatic carbocycles. The fraction of sp³-hybridized carbons (Fsp3) is 0.300. The van der Waals surface area contributed by atoms with Crippen molar-refractivity contribution >= 4 is 11.7 Å². The third-order valence-electron chi connectivity index (χ3n) is 4.92. The molecule has 30 heavy (non-hydrogen) atoms. The van der Waals surface area contributed by atoms with Crippen molar-refractivity contribution in [2.24, 2.45) is 0 Å². The van der Waals surface area contributed by atoms with Gasteiger partial charge in [-0.05, 0) is 37.1 Å². The fourth-order valence-corrected chi connectivity index (χ4v) is 3.47. The van der Waals surface area contributed by atoms with E-state index in [1.165, 1.54) is 10.9 Å². The Morgan fingerprint density at radius 3 is 2.57 bits per heavy atom. The van der Waals surface area contributed by atoms with Crippen LogP contribution >= 0.6 is 0 Å². The molecular weight excluding hydrogens is 397 g/mol. The Hall–Kier alpha value is -3.43. The molecule has 0 saturated carbocycles. The number of para-hydroxylation sites is 1. The lowest BCUT2D eigenvalue weighted by Crippen LogP contribution is -2.45. The summed E-state index contributed by atoms with van der Waals surface area (Å²) in [6.45, 7) is 1.01. The van der Waals surface area contributed by atoms with Crippen LogP contribution < -0.4 is 5.32 Å². The number of pyridine rings is 1. The number of carbonyl (C=O) groups is 1. The summed E-state index contributed by atoms with van der Waals surface area (Å²) in [7, 11) is 0. The molecule has 0 bridgehead atoms. The van der Waals surface area contributed by atoms with E-state index < -0.39 is 11.7 Å². The first-order valence-electron chi connectivity index (χ1n) is 9.46. The summed E-state index contributed by atoms with van der Waals surface area (Å²) >= 11 is 0. The Kier molecular flexibility index (Phi) is 5.39. The molecule has 1 N–H and O–H groups in total. The molecule has 156 valence electrons. The normalized spacial score (nSPS) is 17.0. The maximum Gasteiger partial charge on any atom is 0.417 e. The third-order valence-corrected chi connectivity index (χ3v) is 4.92. The Morgan fingerprint density at radius 2 is 1.87 bits per heavy atom. The number of nitrogens with zero attached hydrogens (tertiary/aromatic N) is 5. The standard InChI is InChI=1S/C20H19F3N6O/c21-20(22,23)14-7-8-18(24-12-14)27-15-4-3-11-28(13-15)19(30)16-5-1-2-6-17(16)29-25-9-10-26-29/h1-2,5-10,12,15H,3-4,11,13H2,(H,24,27). The molecule has 2 aromatic heterocycles. The first-order valence-corrected chi connectivity index (χ1v) is 9.46. The van der Waals surface area contributed by atoms with Gasteiger partial charge in [0, 0.05) is 25.3 Å². The third kappa shape index (κ3) is 4.27. The molecule has 3 heterocycles. The van der Waals surface area contributed by atoms with Crippen molar-refractivity contribution in [1.29, 1.82) is 0 Å². The van der Waals surface area contributed by atoms with Crippen LogP contribution in [0.3, 0.4) is 0 Å². The second-order valence-electron chi connectivity index (χ2n) is 7.00. The summed E-state index contributed by atoms with van der Waals surface area (Å²) in [6.07, 6.45) is 1.03. The van der Waals surface area contributed by atoms with Crippen LogP contribution in [0.15, 0.2) is 55.0 Å². The highest BCUT2D eigenvalue weighted by atomic mass is 19.4. The number of nitrogens with one attached hydrogen (secondary N) is 1. The first-order chi connectivity index (χ1) is 14.4. The summed E-state index contributed by atoms with van der Waals surface area (Å²) < 4.78 is 38.1. The van der Waals surface area contributed by atoms with Crippen molar-refractivity contribution in [3.05, 3.63) is 66.1 Å². The largest absolute Gasteiger partial charge is 0.417 e. The lowest BCUT2D eigenvalue weighted by Gasteiger charge is -2.33. The van der Waals surface area contributed by atoms with Crippen LogP contribution in [-0.2, 0) is 6.18 Å². The minimum Gasteiger partial charge on any atom is -0.366 e. The second-order valence-corrected chi connectivity index (χ2v) is 7.00. The van der Waals surface area contributed by atoms with Gasteiger partial charge in [0.2, 0.25) is 0 Å². The molecule has 1 saturated heterocycles. The van der Waals surface area contributed by atoms with E-state index >= 15 is 0 Å². The molecule has 1 atom stereocenters. The molecule has 4 rings (SSSR count). The molecular formula is C20H19F3N6O. The minimum atomic E-state index is -4.42. The number of likely N-dealkylation sites (tertiary alicyclic amines) is 1. The number of benzene rings is 1. The average molecular weight is 416 g/mol. The van der Waals surface area contributed by atoms with Gasteiger partial charge >= 0.3 is 6.18 Å². The van der Waals surface area contributed by atoms with Crippen LogP contribution in [0.4, 0.5) is 19.0 Å². The molecule has 0 radical (unpaired) electrons. The van der Waals surface area contributed by atoms with Crippen molar-refractivity contribution in [1.82, 2.24) is 24.9 Å². The molecule has 3 aromatic rings. The zero-order valence-electron chi connectivity index (χ0n) is 15.9. The number of rotatable bonds is 4. The molecule has 1 amide bonds. The Bertz CT molecular complexity index is 1000. The second kappa shape index (κ2) is 8.13. The molecule has 1 unspecified atom stereocenters.